The molecule has 0 atom stereocenters. The summed E-state index contributed by atoms with van der Waals surface area (Å²) in [7, 11) is 0. The minimum absolute atomic E-state index is 0.353. The molecule has 0 radical (unpaired) electrons. The van der Waals surface area contributed by atoms with Gasteiger partial charge in [0.15, 0.2) is 0 Å². The highest BCUT2D eigenvalue weighted by Crippen LogP contribution is 2.36. The fourth-order valence-corrected chi connectivity index (χ4v) is 3.62. The van der Waals surface area contributed by atoms with Gasteiger partial charge in [-0.15, -0.1) is 0 Å². The number of nitrogens with zero attached hydrogens (tertiary/aromatic N) is 1. The lowest BCUT2D eigenvalue weighted by molar-refractivity contribution is 0.262. The van der Waals surface area contributed by atoms with Crippen LogP contribution in [-0.4, -0.2) is 6.61 Å². The van der Waals surface area contributed by atoms with Crippen LogP contribution in [0.5, 0.6) is 5.75 Å². The summed E-state index contributed by atoms with van der Waals surface area (Å²) in [5, 5.41) is 8.91. The molecular weight excluding hydrogens is 414 g/mol. The van der Waals surface area contributed by atoms with Gasteiger partial charge in [0.05, 0.1) is 27.0 Å². The van der Waals surface area contributed by atoms with E-state index >= 15 is 0 Å². The van der Waals surface area contributed by atoms with Gasteiger partial charge in [-0.1, -0.05) is 15.9 Å². The third-order valence-corrected chi connectivity index (χ3v) is 3.88. The summed E-state index contributed by atoms with van der Waals surface area (Å²) in [6.07, 6.45) is 0.693. The summed E-state index contributed by atoms with van der Waals surface area (Å²) in [6, 6.07) is 6.11. The van der Waals surface area contributed by atoms with E-state index in [1.54, 1.807) is 0 Å². The smallest absolute Gasteiger partial charge is 0.147 e. The van der Waals surface area contributed by atoms with Crippen molar-refractivity contribution >= 4 is 47.8 Å². The molecule has 0 aromatic heterocycles. The van der Waals surface area contributed by atoms with Crippen LogP contribution >= 0.6 is 47.8 Å². The van der Waals surface area contributed by atoms with Gasteiger partial charge in [0.1, 0.15) is 5.75 Å². The maximum absolute atomic E-state index is 8.91. The molecular formula is C12H12Br3NO. The first-order chi connectivity index (χ1) is 7.85. The molecule has 2 nitrogen and oxygen atoms in total. The van der Waals surface area contributed by atoms with E-state index in [-0.39, 0.29) is 5.41 Å². The van der Waals surface area contributed by atoms with Crippen LogP contribution in [0, 0.1) is 16.7 Å². The predicted octanol–water partition coefficient (Wildman–Crippen LogP) is 5.29. The molecule has 17 heavy (non-hydrogen) atoms. The Hall–Kier alpha value is -0.0500. The van der Waals surface area contributed by atoms with Crippen LogP contribution in [-0.2, 0) is 0 Å². The maximum atomic E-state index is 8.91. The lowest BCUT2D eigenvalue weighted by atomic mass is 9.92. The van der Waals surface area contributed by atoms with Crippen molar-refractivity contribution in [3.05, 3.63) is 25.6 Å². The van der Waals surface area contributed by atoms with Gasteiger partial charge in [-0.25, -0.2) is 0 Å². The minimum Gasteiger partial charge on any atom is -0.491 e. The molecule has 0 N–H and O–H groups in total. The summed E-state index contributed by atoms with van der Waals surface area (Å²) >= 11 is 10.3. The topological polar surface area (TPSA) is 33.0 Å². The van der Waals surface area contributed by atoms with Crippen LogP contribution in [0.15, 0.2) is 25.6 Å². The highest BCUT2D eigenvalue weighted by Gasteiger charge is 2.17. The summed E-state index contributed by atoms with van der Waals surface area (Å²) in [5.41, 5.74) is -0.353. The molecule has 92 valence electrons. The fraction of sp³-hybridized carbons (Fsp3) is 0.417. The molecule has 0 heterocycles. The second-order valence-corrected chi connectivity index (χ2v) is 6.92. The van der Waals surface area contributed by atoms with Crippen LogP contribution in [0.25, 0.3) is 0 Å². The summed E-state index contributed by atoms with van der Waals surface area (Å²) in [6.45, 7) is 4.32. The van der Waals surface area contributed by atoms with Crippen molar-refractivity contribution in [1.29, 1.82) is 5.26 Å². The Bertz CT molecular complexity index is 429. The molecule has 0 saturated heterocycles. The van der Waals surface area contributed by atoms with Crippen molar-refractivity contribution in [2.45, 2.75) is 20.3 Å². The highest BCUT2D eigenvalue weighted by molar-refractivity contribution is 9.11. The van der Waals surface area contributed by atoms with Crippen LogP contribution < -0.4 is 4.74 Å². The number of halogens is 3. The van der Waals surface area contributed by atoms with Gasteiger partial charge in [0, 0.05) is 4.47 Å². The number of ether oxygens (including phenoxy) is 1. The average Bonchev–Trinajstić information content (AvgIpc) is 2.22. The number of benzene rings is 1. The van der Waals surface area contributed by atoms with E-state index in [4.69, 9.17) is 10.00 Å². The fourth-order valence-electron chi connectivity index (χ4n) is 1.13. The standard InChI is InChI=1S/C12H12Br3NO/c1-12(2,7-16)3-4-17-11-9(14)5-8(13)6-10(11)15/h5-6H,3-4H2,1-2H3. The van der Waals surface area contributed by atoms with Gasteiger partial charge in [-0.2, -0.15) is 5.26 Å². The van der Waals surface area contributed by atoms with E-state index in [1.807, 2.05) is 26.0 Å². The molecule has 0 amide bonds. The second-order valence-electron chi connectivity index (χ2n) is 4.29. The molecule has 0 aliphatic heterocycles. The molecule has 5 heteroatoms. The first kappa shape index (κ1) is 15.0. The average molecular weight is 426 g/mol. The maximum Gasteiger partial charge on any atom is 0.147 e. The second kappa shape index (κ2) is 6.21. The molecule has 0 fully saturated rings. The largest absolute Gasteiger partial charge is 0.491 e. The molecule has 1 rings (SSSR count). The Balaban J connectivity index is 2.68. The first-order valence-corrected chi connectivity index (χ1v) is 7.42. The van der Waals surface area contributed by atoms with E-state index in [1.165, 1.54) is 0 Å². The van der Waals surface area contributed by atoms with E-state index in [9.17, 15) is 0 Å². The Kier molecular flexibility index (Phi) is 5.49. The molecule has 0 unspecified atom stereocenters. The minimum atomic E-state index is -0.353. The van der Waals surface area contributed by atoms with Gasteiger partial charge >= 0.3 is 0 Å². The zero-order valence-electron chi connectivity index (χ0n) is 9.56. The summed E-state index contributed by atoms with van der Waals surface area (Å²) in [4.78, 5) is 0. The number of rotatable bonds is 4. The summed E-state index contributed by atoms with van der Waals surface area (Å²) < 4.78 is 8.43. The van der Waals surface area contributed by atoms with Gasteiger partial charge in [-0.3, -0.25) is 0 Å². The number of hydrogen-bond donors (Lipinski definition) is 0. The number of hydrogen-bond acceptors (Lipinski definition) is 2. The van der Waals surface area contributed by atoms with Crippen LogP contribution in [0.2, 0.25) is 0 Å². The number of nitriles is 1. The first-order valence-electron chi connectivity index (χ1n) is 5.04. The van der Waals surface area contributed by atoms with E-state index < -0.39 is 0 Å². The van der Waals surface area contributed by atoms with Crippen LogP contribution in [0.1, 0.15) is 20.3 Å². The third-order valence-electron chi connectivity index (χ3n) is 2.24. The monoisotopic (exact) mass is 423 g/mol. The van der Waals surface area contributed by atoms with Crippen molar-refractivity contribution < 1.29 is 4.74 Å². The zero-order valence-corrected chi connectivity index (χ0v) is 14.3. The zero-order chi connectivity index (χ0) is 13.1. The Morgan fingerprint density at radius 2 is 1.76 bits per heavy atom. The van der Waals surface area contributed by atoms with Gasteiger partial charge in [0.25, 0.3) is 0 Å². The Morgan fingerprint density at radius 1 is 1.24 bits per heavy atom. The summed E-state index contributed by atoms with van der Waals surface area (Å²) in [5.74, 6) is 0.766. The molecule has 0 aliphatic carbocycles. The Labute approximate surface area is 127 Å². The quantitative estimate of drug-likeness (QED) is 0.656. The third kappa shape index (κ3) is 4.61. The van der Waals surface area contributed by atoms with Crippen molar-refractivity contribution in [2.24, 2.45) is 5.41 Å². The van der Waals surface area contributed by atoms with Crippen molar-refractivity contribution in [2.75, 3.05) is 6.61 Å². The normalized spacial score (nSPS) is 11.1. The SMILES string of the molecule is CC(C)(C#N)CCOc1c(Br)cc(Br)cc1Br. The van der Waals surface area contributed by atoms with Crippen molar-refractivity contribution in [3.8, 4) is 11.8 Å². The van der Waals surface area contributed by atoms with E-state index in [0.717, 1.165) is 19.2 Å². The molecule has 1 aromatic carbocycles. The highest BCUT2D eigenvalue weighted by atomic mass is 79.9. The van der Waals surface area contributed by atoms with Gasteiger partial charge in [0.2, 0.25) is 0 Å². The molecule has 1 aromatic rings. The van der Waals surface area contributed by atoms with E-state index in [0.29, 0.717) is 13.0 Å². The van der Waals surface area contributed by atoms with E-state index in [2.05, 4.69) is 53.9 Å². The Morgan fingerprint density at radius 3 is 2.24 bits per heavy atom. The molecule has 0 spiro atoms. The van der Waals surface area contributed by atoms with Crippen LogP contribution in [0.4, 0.5) is 0 Å². The lowest BCUT2D eigenvalue weighted by Crippen LogP contribution is -2.13. The molecule has 0 aliphatic rings. The van der Waals surface area contributed by atoms with Crippen LogP contribution in [0.3, 0.4) is 0 Å². The van der Waals surface area contributed by atoms with Gasteiger partial charge < -0.3 is 4.74 Å². The van der Waals surface area contributed by atoms with Crippen molar-refractivity contribution in [3.63, 3.8) is 0 Å². The molecule has 0 saturated carbocycles. The molecule has 0 bridgehead atoms. The lowest BCUT2D eigenvalue weighted by Gasteiger charge is -2.16. The predicted molar refractivity (Wildman–Crippen MR) is 79.0 cm³/mol. The van der Waals surface area contributed by atoms with Gasteiger partial charge in [-0.05, 0) is 64.3 Å². The van der Waals surface area contributed by atoms with Crippen molar-refractivity contribution in [1.82, 2.24) is 0 Å².